The third-order valence-corrected chi connectivity index (χ3v) is 4.55. The van der Waals surface area contributed by atoms with Crippen molar-refractivity contribution in [1.29, 1.82) is 0 Å². The zero-order valence-electron chi connectivity index (χ0n) is 14.4. The molecule has 0 spiro atoms. The number of carbonyl (C=O) groups excluding carboxylic acids is 1. The summed E-state index contributed by atoms with van der Waals surface area (Å²) in [7, 11) is 2.05. The molecule has 0 radical (unpaired) electrons. The molecular weight excluding hydrogens is 302 g/mol. The summed E-state index contributed by atoms with van der Waals surface area (Å²) in [6.45, 7) is 5.84. The SMILES string of the molecule is Cc1cccc(C(=O)NCC(c2cccn2C)N2CCOCC2)c1. The van der Waals surface area contributed by atoms with Crippen molar-refractivity contribution in [3.05, 3.63) is 59.4 Å². The van der Waals surface area contributed by atoms with Crippen LogP contribution in [0, 0.1) is 6.92 Å². The van der Waals surface area contributed by atoms with Crippen LogP contribution >= 0.6 is 0 Å². The summed E-state index contributed by atoms with van der Waals surface area (Å²) >= 11 is 0. The fraction of sp³-hybridized carbons (Fsp3) is 0.421. The number of carbonyl (C=O) groups is 1. The molecule has 5 nitrogen and oxygen atoms in total. The first kappa shape index (κ1) is 16.7. The molecule has 1 fully saturated rings. The van der Waals surface area contributed by atoms with Crippen LogP contribution in [0.5, 0.6) is 0 Å². The molecule has 0 bridgehead atoms. The molecule has 1 aromatic carbocycles. The van der Waals surface area contributed by atoms with Gasteiger partial charge in [-0.25, -0.2) is 0 Å². The van der Waals surface area contributed by atoms with Crippen molar-refractivity contribution >= 4 is 5.91 Å². The van der Waals surface area contributed by atoms with Crippen molar-refractivity contribution in [1.82, 2.24) is 14.8 Å². The Morgan fingerprint density at radius 3 is 2.71 bits per heavy atom. The second-order valence-electron chi connectivity index (χ2n) is 6.29. The predicted molar refractivity (Wildman–Crippen MR) is 94.1 cm³/mol. The quantitative estimate of drug-likeness (QED) is 0.915. The number of morpholine rings is 1. The second kappa shape index (κ2) is 7.64. The van der Waals surface area contributed by atoms with E-state index in [2.05, 4.69) is 20.9 Å². The minimum atomic E-state index is -0.0221. The zero-order chi connectivity index (χ0) is 16.9. The van der Waals surface area contributed by atoms with E-state index in [0.717, 1.165) is 31.9 Å². The molecule has 1 amide bonds. The predicted octanol–water partition coefficient (Wildman–Crippen LogP) is 2.14. The molecule has 1 N–H and O–H groups in total. The van der Waals surface area contributed by atoms with Gasteiger partial charge in [0.25, 0.3) is 5.91 Å². The number of amides is 1. The molecule has 1 saturated heterocycles. The van der Waals surface area contributed by atoms with E-state index in [4.69, 9.17) is 4.74 Å². The first-order chi connectivity index (χ1) is 11.6. The summed E-state index contributed by atoms with van der Waals surface area (Å²) in [5.41, 5.74) is 3.01. The van der Waals surface area contributed by atoms with E-state index < -0.39 is 0 Å². The number of ether oxygens (including phenoxy) is 1. The molecule has 24 heavy (non-hydrogen) atoms. The number of benzene rings is 1. The first-order valence-corrected chi connectivity index (χ1v) is 8.43. The lowest BCUT2D eigenvalue weighted by Crippen LogP contribution is -2.44. The minimum absolute atomic E-state index is 0.0221. The van der Waals surface area contributed by atoms with Crippen LogP contribution in [-0.4, -0.2) is 48.2 Å². The number of aromatic nitrogens is 1. The third kappa shape index (κ3) is 3.86. The summed E-state index contributed by atoms with van der Waals surface area (Å²) in [6, 6.07) is 12.0. The molecule has 1 aromatic heterocycles. The zero-order valence-corrected chi connectivity index (χ0v) is 14.4. The molecule has 1 atom stereocenters. The van der Waals surface area contributed by atoms with Gasteiger partial charge < -0.3 is 14.6 Å². The normalized spacial score (nSPS) is 16.8. The van der Waals surface area contributed by atoms with Crippen LogP contribution in [0.15, 0.2) is 42.6 Å². The van der Waals surface area contributed by atoms with Gasteiger partial charge in [-0.1, -0.05) is 17.7 Å². The maximum Gasteiger partial charge on any atom is 0.251 e. The molecule has 5 heteroatoms. The summed E-state index contributed by atoms with van der Waals surface area (Å²) in [5, 5.41) is 3.10. The summed E-state index contributed by atoms with van der Waals surface area (Å²) in [5.74, 6) is -0.0221. The molecule has 2 heterocycles. The highest BCUT2D eigenvalue weighted by molar-refractivity contribution is 5.94. The average molecular weight is 327 g/mol. The molecule has 3 rings (SSSR count). The fourth-order valence-electron chi connectivity index (χ4n) is 3.21. The monoisotopic (exact) mass is 327 g/mol. The van der Waals surface area contributed by atoms with Crippen molar-refractivity contribution in [2.75, 3.05) is 32.8 Å². The highest BCUT2D eigenvalue weighted by Crippen LogP contribution is 2.21. The highest BCUT2D eigenvalue weighted by atomic mass is 16.5. The molecule has 2 aromatic rings. The van der Waals surface area contributed by atoms with E-state index in [-0.39, 0.29) is 11.9 Å². The number of aryl methyl sites for hydroxylation is 2. The van der Waals surface area contributed by atoms with Crippen LogP contribution in [0.3, 0.4) is 0 Å². The maximum atomic E-state index is 12.5. The standard InChI is InChI=1S/C19H25N3O2/c1-15-5-3-6-16(13-15)19(23)20-14-18(17-7-4-8-21(17)2)22-9-11-24-12-10-22/h3-8,13,18H,9-12,14H2,1-2H3,(H,20,23). The van der Waals surface area contributed by atoms with Gasteiger partial charge >= 0.3 is 0 Å². The Kier molecular flexibility index (Phi) is 5.33. The largest absolute Gasteiger partial charge is 0.379 e. The van der Waals surface area contributed by atoms with Gasteiger partial charge in [0.2, 0.25) is 0 Å². The van der Waals surface area contributed by atoms with Gasteiger partial charge in [0, 0.05) is 44.1 Å². The molecule has 0 aliphatic carbocycles. The Morgan fingerprint density at radius 1 is 1.25 bits per heavy atom. The molecule has 128 valence electrons. The van der Waals surface area contributed by atoms with Crippen LogP contribution in [0.1, 0.15) is 27.7 Å². The van der Waals surface area contributed by atoms with Gasteiger partial charge in [-0.15, -0.1) is 0 Å². The second-order valence-corrected chi connectivity index (χ2v) is 6.29. The average Bonchev–Trinajstić information content (AvgIpc) is 3.02. The van der Waals surface area contributed by atoms with E-state index in [9.17, 15) is 4.79 Å². The molecule has 0 saturated carbocycles. The Hall–Kier alpha value is -2.11. The van der Waals surface area contributed by atoms with Gasteiger partial charge in [0.15, 0.2) is 0 Å². The Morgan fingerprint density at radius 2 is 2.04 bits per heavy atom. The van der Waals surface area contributed by atoms with Crippen molar-refractivity contribution < 1.29 is 9.53 Å². The van der Waals surface area contributed by atoms with E-state index >= 15 is 0 Å². The first-order valence-electron chi connectivity index (χ1n) is 8.43. The van der Waals surface area contributed by atoms with Gasteiger partial charge in [0.1, 0.15) is 0 Å². The number of rotatable bonds is 5. The third-order valence-electron chi connectivity index (χ3n) is 4.55. The number of hydrogen-bond acceptors (Lipinski definition) is 3. The van der Waals surface area contributed by atoms with Gasteiger partial charge in [-0.3, -0.25) is 9.69 Å². The van der Waals surface area contributed by atoms with Crippen LogP contribution in [0.2, 0.25) is 0 Å². The van der Waals surface area contributed by atoms with Crippen LogP contribution in [0.4, 0.5) is 0 Å². The summed E-state index contributed by atoms with van der Waals surface area (Å²) < 4.78 is 7.59. The van der Waals surface area contributed by atoms with Crippen molar-refractivity contribution in [2.24, 2.45) is 7.05 Å². The topological polar surface area (TPSA) is 46.5 Å². The van der Waals surface area contributed by atoms with Crippen molar-refractivity contribution in [3.8, 4) is 0 Å². The number of hydrogen-bond donors (Lipinski definition) is 1. The lowest BCUT2D eigenvalue weighted by atomic mass is 10.1. The van der Waals surface area contributed by atoms with Crippen LogP contribution in [-0.2, 0) is 11.8 Å². The summed E-state index contributed by atoms with van der Waals surface area (Å²) in [4.78, 5) is 14.9. The minimum Gasteiger partial charge on any atom is -0.379 e. The van der Waals surface area contributed by atoms with Gasteiger partial charge in [-0.2, -0.15) is 0 Å². The number of nitrogens with zero attached hydrogens (tertiary/aromatic N) is 2. The lowest BCUT2D eigenvalue weighted by molar-refractivity contribution is 0.0148. The van der Waals surface area contributed by atoms with E-state index in [1.807, 2.05) is 50.5 Å². The molecule has 1 aliphatic rings. The molecular formula is C19H25N3O2. The van der Waals surface area contributed by atoms with Gasteiger partial charge in [-0.05, 0) is 31.2 Å². The van der Waals surface area contributed by atoms with E-state index in [1.165, 1.54) is 5.69 Å². The Labute approximate surface area is 143 Å². The summed E-state index contributed by atoms with van der Waals surface area (Å²) in [6.07, 6.45) is 2.05. The lowest BCUT2D eigenvalue weighted by Gasteiger charge is -2.35. The maximum absolute atomic E-state index is 12.5. The molecule has 1 aliphatic heterocycles. The van der Waals surface area contributed by atoms with Crippen LogP contribution in [0.25, 0.3) is 0 Å². The molecule has 1 unspecified atom stereocenters. The van der Waals surface area contributed by atoms with Crippen molar-refractivity contribution in [3.63, 3.8) is 0 Å². The van der Waals surface area contributed by atoms with Crippen molar-refractivity contribution in [2.45, 2.75) is 13.0 Å². The highest BCUT2D eigenvalue weighted by Gasteiger charge is 2.25. The smallest absolute Gasteiger partial charge is 0.251 e. The van der Waals surface area contributed by atoms with Gasteiger partial charge in [0.05, 0.1) is 19.3 Å². The Bertz CT molecular complexity index is 689. The van der Waals surface area contributed by atoms with E-state index in [0.29, 0.717) is 12.1 Å². The van der Waals surface area contributed by atoms with Crippen LogP contribution < -0.4 is 5.32 Å². The van der Waals surface area contributed by atoms with E-state index in [1.54, 1.807) is 0 Å². The Balaban J connectivity index is 1.72. The fourth-order valence-corrected chi connectivity index (χ4v) is 3.21. The number of nitrogens with one attached hydrogen (secondary N) is 1.